The van der Waals surface area contributed by atoms with Gasteiger partial charge in [-0.05, 0) is 60.4 Å². The molecule has 0 unspecified atom stereocenters. The first-order valence-electron chi connectivity index (χ1n) is 9.82. The monoisotopic (exact) mass is 511 g/mol. The van der Waals surface area contributed by atoms with Gasteiger partial charge in [-0.25, -0.2) is 16.8 Å². The molecule has 1 aromatic carbocycles. The molecule has 2 aromatic heterocycles. The fourth-order valence-electron chi connectivity index (χ4n) is 3.39. The predicted molar refractivity (Wildman–Crippen MR) is 126 cm³/mol. The van der Waals surface area contributed by atoms with E-state index < -0.39 is 20.0 Å². The molecule has 0 atom stereocenters. The zero-order valence-corrected chi connectivity index (χ0v) is 20.1. The highest BCUT2D eigenvalue weighted by molar-refractivity contribution is 7.95. The van der Waals surface area contributed by atoms with Crippen LogP contribution in [0, 0.1) is 0 Å². The van der Waals surface area contributed by atoms with Gasteiger partial charge in [0.1, 0.15) is 8.42 Å². The normalized spacial score (nSPS) is 14.8. The molecule has 8 nitrogen and oxygen atoms in total. The summed E-state index contributed by atoms with van der Waals surface area (Å²) in [5, 5.41) is 3.29. The zero-order chi connectivity index (χ0) is 22.8. The lowest BCUT2D eigenvalue weighted by Crippen LogP contribution is -2.35. The molecule has 0 bridgehead atoms. The number of thiophene rings is 2. The van der Waals surface area contributed by atoms with Gasteiger partial charge in [0, 0.05) is 18.7 Å². The fourth-order valence-corrected chi connectivity index (χ4v) is 7.46. The maximum absolute atomic E-state index is 13.1. The highest BCUT2D eigenvalue weighted by Crippen LogP contribution is 2.28. The molecule has 0 saturated carbocycles. The summed E-state index contributed by atoms with van der Waals surface area (Å²) in [6.45, 7) is 1.22. The van der Waals surface area contributed by atoms with E-state index in [4.69, 9.17) is 0 Å². The summed E-state index contributed by atoms with van der Waals surface area (Å²) < 4.78 is 55.9. The van der Waals surface area contributed by atoms with Gasteiger partial charge in [-0.15, -0.1) is 22.7 Å². The van der Waals surface area contributed by atoms with Gasteiger partial charge in [-0.3, -0.25) is 14.2 Å². The summed E-state index contributed by atoms with van der Waals surface area (Å²) >= 11 is 2.12. The summed E-state index contributed by atoms with van der Waals surface area (Å²) in [4.78, 5) is 14.8. The highest BCUT2D eigenvalue weighted by Gasteiger charge is 2.23. The molecule has 170 valence electrons. The average molecular weight is 512 g/mol. The summed E-state index contributed by atoms with van der Waals surface area (Å²) in [6.07, 6.45) is 2.85. The number of sulfonamides is 2. The van der Waals surface area contributed by atoms with Crippen molar-refractivity contribution in [2.24, 2.45) is 0 Å². The van der Waals surface area contributed by atoms with Crippen LogP contribution in [-0.4, -0.2) is 40.7 Å². The van der Waals surface area contributed by atoms with Crippen LogP contribution in [0.1, 0.15) is 29.6 Å². The molecule has 1 saturated heterocycles. The van der Waals surface area contributed by atoms with Crippen LogP contribution in [0.15, 0.2) is 61.6 Å². The number of amides is 1. The second-order valence-electron chi connectivity index (χ2n) is 7.23. The molecule has 1 amide bonds. The van der Waals surface area contributed by atoms with Gasteiger partial charge < -0.3 is 4.90 Å². The summed E-state index contributed by atoms with van der Waals surface area (Å²) in [7, 11) is -7.75. The van der Waals surface area contributed by atoms with Crippen LogP contribution in [0.3, 0.4) is 0 Å². The Morgan fingerprint density at radius 2 is 1.28 bits per heavy atom. The van der Waals surface area contributed by atoms with E-state index in [0.717, 1.165) is 41.9 Å². The van der Waals surface area contributed by atoms with Crippen molar-refractivity contribution in [2.75, 3.05) is 22.5 Å². The molecule has 0 spiro atoms. The van der Waals surface area contributed by atoms with Crippen LogP contribution >= 0.6 is 22.7 Å². The lowest BCUT2D eigenvalue weighted by atomic mass is 10.1. The third-order valence-electron chi connectivity index (χ3n) is 4.85. The van der Waals surface area contributed by atoms with Gasteiger partial charge in [-0.1, -0.05) is 12.1 Å². The van der Waals surface area contributed by atoms with E-state index in [2.05, 4.69) is 9.44 Å². The highest BCUT2D eigenvalue weighted by atomic mass is 32.3. The molecule has 1 aliphatic rings. The summed E-state index contributed by atoms with van der Waals surface area (Å²) in [6, 6.07) is 10.4. The van der Waals surface area contributed by atoms with Gasteiger partial charge in [0.2, 0.25) is 0 Å². The van der Waals surface area contributed by atoms with Crippen LogP contribution in [0.5, 0.6) is 0 Å². The molecule has 1 fully saturated rings. The van der Waals surface area contributed by atoms with Crippen molar-refractivity contribution in [3.05, 3.63) is 58.8 Å². The predicted octanol–water partition coefficient (Wildman–Crippen LogP) is 4.04. The minimum atomic E-state index is -3.87. The fraction of sp³-hybridized carbons (Fsp3) is 0.250. The number of carbonyl (C=O) groups is 1. The molecule has 3 heterocycles. The molecule has 3 aromatic rings. The Kier molecular flexibility index (Phi) is 6.56. The van der Waals surface area contributed by atoms with Gasteiger partial charge in [0.25, 0.3) is 26.0 Å². The molecular formula is C20H21N3O5S4. The Labute approximate surface area is 195 Å². The number of piperidine rings is 1. The second-order valence-corrected chi connectivity index (χ2v) is 12.9. The molecule has 12 heteroatoms. The summed E-state index contributed by atoms with van der Waals surface area (Å²) in [5.41, 5.74) is 0.414. The largest absolute Gasteiger partial charge is 0.339 e. The standard InChI is InChI=1S/C20H21N3O5S4/c24-20(23-8-2-1-3-9-23)15-12-16(21-31(25,26)18-6-4-10-29-18)14-17(13-15)22-32(27,28)19-7-5-11-30-19/h4-7,10-14,21-22H,1-3,8-9H2. The molecule has 1 aliphatic heterocycles. The van der Waals surface area contributed by atoms with Gasteiger partial charge in [0.05, 0.1) is 11.4 Å². The number of hydrogen-bond donors (Lipinski definition) is 2. The van der Waals surface area contributed by atoms with Gasteiger partial charge in [-0.2, -0.15) is 0 Å². The van der Waals surface area contributed by atoms with E-state index in [1.807, 2.05) is 0 Å². The van der Waals surface area contributed by atoms with Crippen molar-refractivity contribution in [3.63, 3.8) is 0 Å². The number of hydrogen-bond acceptors (Lipinski definition) is 7. The Morgan fingerprint density at radius 3 is 1.72 bits per heavy atom. The number of rotatable bonds is 7. The lowest BCUT2D eigenvalue weighted by Gasteiger charge is -2.27. The Bertz CT molecular complexity index is 1210. The van der Waals surface area contributed by atoms with Crippen LogP contribution < -0.4 is 9.44 Å². The first-order chi connectivity index (χ1) is 15.2. The molecule has 0 radical (unpaired) electrons. The molecular weight excluding hydrogens is 491 g/mol. The number of nitrogens with one attached hydrogen (secondary N) is 2. The SMILES string of the molecule is O=C(c1cc(NS(=O)(=O)c2cccs2)cc(NS(=O)(=O)c2cccs2)c1)N1CCCCC1. The minimum Gasteiger partial charge on any atom is -0.339 e. The van der Waals surface area contributed by atoms with Crippen molar-refractivity contribution in [2.45, 2.75) is 27.7 Å². The Balaban J connectivity index is 1.70. The number of carbonyl (C=O) groups excluding carboxylic acids is 1. The van der Waals surface area contributed by atoms with Crippen molar-refractivity contribution < 1.29 is 21.6 Å². The third kappa shape index (κ3) is 5.14. The van der Waals surface area contributed by atoms with E-state index in [1.165, 1.54) is 30.3 Å². The van der Waals surface area contributed by atoms with E-state index >= 15 is 0 Å². The number of benzene rings is 1. The van der Waals surface area contributed by atoms with Gasteiger partial charge >= 0.3 is 0 Å². The van der Waals surface area contributed by atoms with Crippen molar-refractivity contribution >= 4 is 60.0 Å². The minimum absolute atomic E-state index is 0.102. The molecule has 4 rings (SSSR count). The van der Waals surface area contributed by atoms with Crippen molar-refractivity contribution in [1.82, 2.24) is 4.90 Å². The quantitative estimate of drug-likeness (QED) is 0.497. The van der Waals surface area contributed by atoms with E-state index in [-0.39, 0.29) is 31.3 Å². The molecule has 0 aliphatic carbocycles. The summed E-state index contributed by atoms with van der Waals surface area (Å²) in [5.74, 6) is -0.265. The molecule has 2 N–H and O–H groups in total. The number of likely N-dealkylation sites (tertiary alicyclic amines) is 1. The smallest absolute Gasteiger partial charge is 0.271 e. The van der Waals surface area contributed by atoms with Crippen molar-refractivity contribution in [1.29, 1.82) is 0 Å². The zero-order valence-electron chi connectivity index (χ0n) is 16.9. The van der Waals surface area contributed by atoms with Crippen LogP contribution in [0.25, 0.3) is 0 Å². The first-order valence-corrected chi connectivity index (χ1v) is 14.5. The maximum Gasteiger partial charge on any atom is 0.271 e. The number of anilines is 2. The number of nitrogens with zero attached hydrogens (tertiary/aromatic N) is 1. The Morgan fingerprint density at radius 1 is 0.781 bits per heavy atom. The third-order valence-corrected chi connectivity index (χ3v) is 10.4. The topological polar surface area (TPSA) is 113 Å². The second kappa shape index (κ2) is 9.22. The van der Waals surface area contributed by atoms with Gasteiger partial charge in [0.15, 0.2) is 0 Å². The average Bonchev–Trinajstić information content (AvgIpc) is 3.47. The lowest BCUT2D eigenvalue weighted by molar-refractivity contribution is 0.0724. The van der Waals surface area contributed by atoms with Crippen LogP contribution in [-0.2, 0) is 20.0 Å². The Hall–Kier alpha value is -2.41. The van der Waals surface area contributed by atoms with Crippen LogP contribution in [0.4, 0.5) is 11.4 Å². The van der Waals surface area contributed by atoms with E-state index in [9.17, 15) is 21.6 Å². The maximum atomic E-state index is 13.1. The van der Waals surface area contributed by atoms with E-state index in [1.54, 1.807) is 27.8 Å². The van der Waals surface area contributed by atoms with E-state index in [0.29, 0.717) is 13.1 Å². The molecule has 32 heavy (non-hydrogen) atoms. The first kappa shape index (κ1) is 22.8. The van der Waals surface area contributed by atoms with Crippen LogP contribution in [0.2, 0.25) is 0 Å². The van der Waals surface area contributed by atoms with Crippen molar-refractivity contribution in [3.8, 4) is 0 Å².